The molecule has 0 fully saturated rings. The van der Waals surface area contributed by atoms with Crippen LogP contribution in [0.2, 0.25) is 5.02 Å². The van der Waals surface area contributed by atoms with E-state index in [0.29, 0.717) is 23.6 Å². The number of para-hydroxylation sites is 1. The first-order valence-electron chi connectivity index (χ1n) is 8.66. The van der Waals surface area contributed by atoms with E-state index in [-0.39, 0.29) is 24.0 Å². The summed E-state index contributed by atoms with van der Waals surface area (Å²) in [7, 11) is 0. The average Bonchev–Trinajstić information content (AvgIpc) is 2.63. The number of nitrogens with zero attached hydrogens (tertiary/aromatic N) is 1. The summed E-state index contributed by atoms with van der Waals surface area (Å²) in [6.45, 7) is 0. The third-order valence-corrected chi connectivity index (χ3v) is 6.09. The molecule has 1 heterocycles. The Morgan fingerprint density at radius 3 is 2.50 bits per heavy atom. The number of hydrogen-bond acceptors (Lipinski definition) is 2. The molecule has 5 heteroatoms. The van der Waals surface area contributed by atoms with Gasteiger partial charge in [-0.25, -0.2) is 0 Å². The quantitative estimate of drug-likeness (QED) is 0.619. The van der Waals surface area contributed by atoms with Gasteiger partial charge < -0.3 is 0 Å². The highest BCUT2D eigenvalue weighted by Gasteiger charge is 2.40. The SMILES string of the molecule is O=C1CCCC2=C1C(c1ccccc1Br)CC(=O)N2c1ccccc1Cl. The van der Waals surface area contributed by atoms with Crippen molar-refractivity contribution in [1.82, 2.24) is 0 Å². The fraction of sp³-hybridized carbons (Fsp3) is 0.238. The molecule has 26 heavy (non-hydrogen) atoms. The molecule has 3 nitrogen and oxygen atoms in total. The Bertz CT molecular complexity index is 937. The zero-order valence-electron chi connectivity index (χ0n) is 14.0. The topological polar surface area (TPSA) is 37.4 Å². The van der Waals surface area contributed by atoms with Crippen LogP contribution < -0.4 is 4.90 Å². The highest BCUT2D eigenvalue weighted by Crippen LogP contribution is 2.45. The van der Waals surface area contributed by atoms with Gasteiger partial charge in [0.1, 0.15) is 0 Å². The van der Waals surface area contributed by atoms with E-state index in [2.05, 4.69) is 15.9 Å². The van der Waals surface area contributed by atoms with Gasteiger partial charge in [0, 0.05) is 34.5 Å². The lowest BCUT2D eigenvalue weighted by Crippen LogP contribution is -2.40. The van der Waals surface area contributed by atoms with Crippen molar-refractivity contribution in [3.8, 4) is 0 Å². The maximum atomic E-state index is 13.1. The number of allylic oxidation sites excluding steroid dienone is 2. The van der Waals surface area contributed by atoms with E-state index in [1.807, 2.05) is 42.5 Å². The van der Waals surface area contributed by atoms with E-state index in [9.17, 15) is 9.59 Å². The second-order valence-electron chi connectivity index (χ2n) is 6.60. The van der Waals surface area contributed by atoms with Gasteiger partial charge in [0.25, 0.3) is 0 Å². The van der Waals surface area contributed by atoms with Crippen LogP contribution in [0.1, 0.15) is 37.2 Å². The molecule has 0 spiro atoms. The predicted octanol–water partition coefficient (Wildman–Crippen LogP) is 5.63. The zero-order chi connectivity index (χ0) is 18.3. The molecule has 0 aromatic heterocycles. The Kier molecular flexibility index (Phi) is 4.72. The molecule has 1 unspecified atom stereocenters. The molecule has 0 radical (unpaired) electrons. The minimum absolute atomic E-state index is 0.0210. The van der Waals surface area contributed by atoms with E-state index in [1.165, 1.54) is 0 Å². The molecular formula is C21H17BrClNO2. The van der Waals surface area contributed by atoms with Crippen LogP contribution >= 0.6 is 27.5 Å². The van der Waals surface area contributed by atoms with Crippen molar-refractivity contribution in [2.45, 2.75) is 31.6 Å². The fourth-order valence-corrected chi connectivity index (χ4v) is 4.71. The normalized spacial score (nSPS) is 20.4. The third-order valence-electron chi connectivity index (χ3n) is 5.05. The number of carbonyl (C=O) groups excluding carboxylic acids is 2. The standard InChI is InChI=1S/C21H17BrClNO2/c22-15-7-2-1-6-13(15)14-12-20(26)24(17-9-4-3-8-16(17)23)18-10-5-11-19(25)21(14)18/h1-4,6-9,14H,5,10-12H2. The Labute approximate surface area is 165 Å². The smallest absolute Gasteiger partial charge is 0.232 e. The second-order valence-corrected chi connectivity index (χ2v) is 7.86. The molecule has 0 N–H and O–H groups in total. The van der Waals surface area contributed by atoms with Crippen molar-refractivity contribution >= 4 is 44.9 Å². The summed E-state index contributed by atoms with van der Waals surface area (Å²) in [4.78, 5) is 27.6. The van der Waals surface area contributed by atoms with Gasteiger partial charge in [-0.2, -0.15) is 0 Å². The van der Waals surface area contributed by atoms with Crippen LogP contribution in [-0.2, 0) is 9.59 Å². The zero-order valence-corrected chi connectivity index (χ0v) is 16.4. The highest BCUT2D eigenvalue weighted by atomic mass is 79.9. The van der Waals surface area contributed by atoms with Crippen LogP contribution in [-0.4, -0.2) is 11.7 Å². The lowest BCUT2D eigenvalue weighted by atomic mass is 9.77. The predicted molar refractivity (Wildman–Crippen MR) is 106 cm³/mol. The molecular weight excluding hydrogens is 414 g/mol. The largest absolute Gasteiger partial charge is 0.294 e. The molecule has 0 saturated heterocycles. The lowest BCUT2D eigenvalue weighted by Gasteiger charge is -2.38. The summed E-state index contributed by atoms with van der Waals surface area (Å²) in [5, 5.41) is 0.519. The molecule has 1 aliphatic carbocycles. The molecule has 0 bridgehead atoms. The molecule has 2 aromatic carbocycles. The van der Waals surface area contributed by atoms with Crippen LogP contribution in [0.4, 0.5) is 5.69 Å². The molecule has 4 rings (SSSR count). The Hall–Kier alpha value is -1.91. The average molecular weight is 431 g/mol. The minimum Gasteiger partial charge on any atom is -0.294 e. The summed E-state index contributed by atoms with van der Waals surface area (Å²) >= 11 is 9.94. The number of halogens is 2. The van der Waals surface area contributed by atoms with E-state index in [4.69, 9.17) is 11.6 Å². The number of hydrogen-bond donors (Lipinski definition) is 0. The van der Waals surface area contributed by atoms with Crippen molar-refractivity contribution in [1.29, 1.82) is 0 Å². The van der Waals surface area contributed by atoms with Gasteiger partial charge in [0.05, 0.1) is 10.7 Å². The highest BCUT2D eigenvalue weighted by molar-refractivity contribution is 9.10. The Morgan fingerprint density at radius 2 is 1.73 bits per heavy atom. The molecule has 0 saturated carbocycles. The van der Waals surface area contributed by atoms with Gasteiger partial charge in [0.15, 0.2) is 5.78 Å². The van der Waals surface area contributed by atoms with Crippen LogP contribution in [0.3, 0.4) is 0 Å². The van der Waals surface area contributed by atoms with E-state index in [0.717, 1.165) is 27.7 Å². The second kappa shape index (κ2) is 7.01. The number of Topliss-reactive ketones (excluding diaryl/α,β-unsaturated/α-hetero) is 1. The molecule has 2 aliphatic rings. The number of benzene rings is 2. The van der Waals surface area contributed by atoms with Crippen LogP contribution in [0, 0.1) is 0 Å². The van der Waals surface area contributed by atoms with Gasteiger partial charge >= 0.3 is 0 Å². The van der Waals surface area contributed by atoms with Gasteiger partial charge in [0.2, 0.25) is 5.91 Å². The first kappa shape index (κ1) is 17.5. The maximum Gasteiger partial charge on any atom is 0.232 e. The van der Waals surface area contributed by atoms with Crippen molar-refractivity contribution in [2.24, 2.45) is 0 Å². The molecule has 2 aromatic rings. The van der Waals surface area contributed by atoms with Crippen molar-refractivity contribution in [2.75, 3.05) is 4.90 Å². The minimum atomic E-state index is -0.209. The molecule has 132 valence electrons. The van der Waals surface area contributed by atoms with Crippen molar-refractivity contribution in [3.63, 3.8) is 0 Å². The summed E-state index contributed by atoms with van der Waals surface area (Å²) in [6.07, 6.45) is 2.26. The monoisotopic (exact) mass is 429 g/mol. The number of rotatable bonds is 2. The maximum absolute atomic E-state index is 13.1. The van der Waals surface area contributed by atoms with Crippen LogP contribution in [0.15, 0.2) is 64.3 Å². The molecule has 1 atom stereocenters. The van der Waals surface area contributed by atoms with E-state index < -0.39 is 0 Å². The van der Waals surface area contributed by atoms with E-state index >= 15 is 0 Å². The number of amides is 1. The molecule has 1 aliphatic heterocycles. The number of anilines is 1. The summed E-state index contributed by atoms with van der Waals surface area (Å²) < 4.78 is 0.925. The summed E-state index contributed by atoms with van der Waals surface area (Å²) in [5.41, 5.74) is 3.23. The molecule has 1 amide bonds. The van der Waals surface area contributed by atoms with Crippen molar-refractivity contribution < 1.29 is 9.59 Å². The van der Waals surface area contributed by atoms with Crippen molar-refractivity contribution in [3.05, 3.63) is 74.9 Å². The Morgan fingerprint density at radius 1 is 1.00 bits per heavy atom. The number of carbonyl (C=O) groups is 2. The fourth-order valence-electron chi connectivity index (χ4n) is 3.93. The van der Waals surface area contributed by atoms with Gasteiger partial charge in [-0.1, -0.05) is 57.9 Å². The summed E-state index contributed by atoms with van der Waals surface area (Å²) in [5.74, 6) is -0.0940. The first-order chi connectivity index (χ1) is 12.6. The van der Waals surface area contributed by atoms with Gasteiger partial charge in [-0.15, -0.1) is 0 Å². The Balaban J connectivity index is 1.91. The van der Waals surface area contributed by atoms with Crippen LogP contribution in [0.5, 0.6) is 0 Å². The summed E-state index contributed by atoms with van der Waals surface area (Å²) in [6, 6.07) is 15.1. The van der Waals surface area contributed by atoms with Gasteiger partial charge in [-0.05, 0) is 36.6 Å². The van der Waals surface area contributed by atoms with E-state index in [1.54, 1.807) is 11.0 Å². The first-order valence-corrected chi connectivity index (χ1v) is 9.83. The third kappa shape index (κ3) is 2.91. The lowest BCUT2D eigenvalue weighted by molar-refractivity contribution is -0.119. The van der Waals surface area contributed by atoms with Gasteiger partial charge in [-0.3, -0.25) is 14.5 Å². The van der Waals surface area contributed by atoms with Crippen LogP contribution in [0.25, 0.3) is 0 Å². The number of ketones is 1.